The van der Waals surface area contributed by atoms with Gasteiger partial charge in [-0.05, 0) is 88.0 Å². The quantitative estimate of drug-likeness (QED) is 0.653. The van der Waals surface area contributed by atoms with E-state index in [4.69, 9.17) is 5.10 Å². The Bertz CT molecular complexity index is 874. The molecule has 6 rings (SSSR count). The van der Waals surface area contributed by atoms with E-state index in [0.29, 0.717) is 44.4 Å². The van der Waals surface area contributed by atoms with Gasteiger partial charge in [-0.2, -0.15) is 5.10 Å². The second-order valence-electron chi connectivity index (χ2n) is 12.1. The van der Waals surface area contributed by atoms with Crippen molar-refractivity contribution in [2.75, 3.05) is 26.2 Å². The molecular formula is C27H42N4O2. The largest absolute Gasteiger partial charge is 0.339 e. The number of nitrogens with zero attached hydrogens (tertiary/aromatic N) is 4. The Hall–Kier alpha value is -1.85. The van der Waals surface area contributed by atoms with Crippen molar-refractivity contribution in [1.29, 1.82) is 0 Å². The molecule has 5 fully saturated rings. The summed E-state index contributed by atoms with van der Waals surface area (Å²) >= 11 is 0. The van der Waals surface area contributed by atoms with Crippen LogP contribution in [0.5, 0.6) is 0 Å². The molecule has 0 spiro atoms. The number of aromatic nitrogens is 2. The summed E-state index contributed by atoms with van der Waals surface area (Å²) in [5.41, 5.74) is 3.40. The predicted molar refractivity (Wildman–Crippen MR) is 129 cm³/mol. The first kappa shape index (κ1) is 22.9. The van der Waals surface area contributed by atoms with Crippen LogP contribution in [0.1, 0.15) is 75.7 Å². The number of amides is 2. The normalized spacial score (nSPS) is 31.0. The van der Waals surface area contributed by atoms with Crippen LogP contribution in [0.2, 0.25) is 0 Å². The van der Waals surface area contributed by atoms with Crippen molar-refractivity contribution >= 4 is 11.8 Å². The van der Waals surface area contributed by atoms with Gasteiger partial charge in [-0.1, -0.05) is 13.8 Å². The molecule has 2 amide bonds. The Balaban J connectivity index is 1.14. The molecular weight excluding hydrogens is 412 g/mol. The Labute approximate surface area is 199 Å². The van der Waals surface area contributed by atoms with Gasteiger partial charge in [0.05, 0.1) is 11.1 Å². The highest BCUT2D eigenvalue weighted by atomic mass is 16.2. The maximum absolute atomic E-state index is 13.6. The smallest absolute Gasteiger partial charge is 0.228 e. The van der Waals surface area contributed by atoms with Crippen LogP contribution in [0.25, 0.3) is 0 Å². The van der Waals surface area contributed by atoms with Gasteiger partial charge in [-0.25, -0.2) is 0 Å². The van der Waals surface area contributed by atoms with Crippen LogP contribution >= 0.6 is 0 Å². The number of piperazine rings is 1. The molecule has 1 aromatic heterocycles. The SMILES string of the molecule is Cc1nn(CC(C)C)c(C)c1CCC(=O)N1CCN(C(=O)C23CC4CC(CC(C4)C2)C3)CC1. The van der Waals surface area contributed by atoms with Gasteiger partial charge in [0.15, 0.2) is 0 Å². The molecule has 6 nitrogen and oxygen atoms in total. The van der Waals surface area contributed by atoms with Gasteiger partial charge in [-0.3, -0.25) is 14.3 Å². The second kappa shape index (κ2) is 8.74. The van der Waals surface area contributed by atoms with Crippen molar-refractivity contribution in [2.45, 2.75) is 85.6 Å². The summed E-state index contributed by atoms with van der Waals surface area (Å²) in [6.45, 7) is 12.3. The molecule has 1 aromatic rings. The van der Waals surface area contributed by atoms with Crippen molar-refractivity contribution in [2.24, 2.45) is 29.1 Å². The Morgan fingerprint density at radius 2 is 1.48 bits per heavy atom. The molecule has 33 heavy (non-hydrogen) atoms. The van der Waals surface area contributed by atoms with Crippen LogP contribution in [0.3, 0.4) is 0 Å². The van der Waals surface area contributed by atoms with Gasteiger partial charge in [0.2, 0.25) is 11.8 Å². The van der Waals surface area contributed by atoms with Crippen LogP contribution in [0, 0.1) is 42.9 Å². The van der Waals surface area contributed by atoms with Crippen LogP contribution in [-0.2, 0) is 22.6 Å². The van der Waals surface area contributed by atoms with Crippen LogP contribution in [-0.4, -0.2) is 57.6 Å². The van der Waals surface area contributed by atoms with Crippen LogP contribution < -0.4 is 0 Å². The summed E-state index contributed by atoms with van der Waals surface area (Å²) < 4.78 is 2.09. The van der Waals surface area contributed by atoms with Gasteiger partial charge >= 0.3 is 0 Å². The van der Waals surface area contributed by atoms with Gasteiger partial charge < -0.3 is 9.80 Å². The summed E-state index contributed by atoms with van der Waals surface area (Å²) in [6.07, 6.45) is 8.75. The minimum atomic E-state index is -0.0634. The summed E-state index contributed by atoms with van der Waals surface area (Å²) in [6, 6.07) is 0. The number of rotatable bonds is 6. The minimum absolute atomic E-state index is 0.0634. The average Bonchev–Trinajstić information content (AvgIpc) is 3.02. The minimum Gasteiger partial charge on any atom is -0.339 e. The molecule has 1 aliphatic heterocycles. The van der Waals surface area contributed by atoms with E-state index in [2.05, 4.69) is 37.3 Å². The van der Waals surface area contributed by atoms with Crippen LogP contribution in [0.4, 0.5) is 0 Å². The highest BCUT2D eigenvalue weighted by Gasteiger charge is 2.55. The van der Waals surface area contributed by atoms with E-state index < -0.39 is 0 Å². The molecule has 0 N–H and O–H groups in total. The lowest BCUT2D eigenvalue weighted by molar-refractivity contribution is -0.160. The zero-order valence-corrected chi connectivity index (χ0v) is 21.1. The van der Waals surface area contributed by atoms with E-state index in [1.807, 2.05) is 4.90 Å². The van der Waals surface area contributed by atoms with Crippen molar-refractivity contribution in [1.82, 2.24) is 19.6 Å². The van der Waals surface area contributed by atoms with Gasteiger partial charge in [0.25, 0.3) is 0 Å². The molecule has 4 saturated carbocycles. The van der Waals surface area contributed by atoms with E-state index in [9.17, 15) is 9.59 Å². The average molecular weight is 455 g/mol. The lowest BCUT2D eigenvalue weighted by Crippen LogP contribution is -2.58. The fourth-order valence-corrected chi connectivity index (χ4v) is 7.88. The topological polar surface area (TPSA) is 58.4 Å². The zero-order chi connectivity index (χ0) is 23.3. The van der Waals surface area contributed by atoms with E-state index in [1.165, 1.54) is 30.5 Å². The highest BCUT2D eigenvalue weighted by Crippen LogP contribution is 2.60. The molecule has 1 saturated heterocycles. The molecule has 5 aliphatic rings. The first-order valence-electron chi connectivity index (χ1n) is 13.3. The summed E-state index contributed by atoms with van der Waals surface area (Å²) in [5.74, 6) is 3.55. The first-order chi connectivity index (χ1) is 15.7. The van der Waals surface area contributed by atoms with E-state index in [1.54, 1.807) is 0 Å². The number of hydrogen-bond acceptors (Lipinski definition) is 3. The summed E-state index contributed by atoms with van der Waals surface area (Å²) in [7, 11) is 0. The third-order valence-electron chi connectivity index (χ3n) is 9.07. The zero-order valence-electron chi connectivity index (χ0n) is 21.1. The predicted octanol–water partition coefficient (Wildman–Crippen LogP) is 3.98. The third kappa shape index (κ3) is 4.35. The molecule has 6 heteroatoms. The molecule has 0 unspecified atom stereocenters. The molecule has 4 bridgehead atoms. The van der Waals surface area contributed by atoms with Gasteiger partial charge in [0, 0.05) is 44.8 Å². The molecule has 4 aliphatic carbocycles. The maximum atomic E-state index is 13.6. The lowest BCUT2D eigenvalue weighted by atomic mass is 9.49. The second-order valence-corrected chi connectivity index (χ2v) is 12.1. The molecule has 0 atom stereocenters. The third-order valence-corrected chi connectivity index (χ3v) is 9.07. The van der Waals surface area contributed by atoms with Crippen LogP contribution in [0.15, 0.2) is 0 Å². The van der Waals surface area contributed by atoms with Crippen molar-refractivity contribution in [3.63, 3.8) is 0 Å². The van der Waals surface area contributed by atoms with E-state index >= 15 is 0 Å². The fraction of sp³-hybridized carbons (Fsp3) is 0.815. The van der Waals surface area contributed by atoms with Gasteiger partial charge in [0.1, 0.15) is 0 Å². The van der Waals surface area contributed by atoms with Crippen molar-refractivity contribution < 1.29 is 9.59 Å². The summed E-state index contributed by atoms with van der Waals surface area (Å²) in [4.78, 5) is 30.7. The number of hydrogen-bond donors (Lipinski definition) is 0. The van der Waals surface area contributed by atoms with Gasteiger partial charge in [-0.15, -0.1) is 0 Å². The maximum Gasteiger partial charge on any atom is 0.228 e. The van der Waals surface area contributed by atoms with E-state index in [0.717, 1.165) is 55.7 Å². The molecule has 0 aromatic carbocycles. The monoisotopic (exact) mass is 454 g/mol. The number of aryl methyl sites for hydroxylation is 1. The lowest BCUT2D eigenvalue weighted by Gasteiger charge is -2.57. The number of carbonyl (C=O) groups is 2. The Morgan fingerprint density at radius 3 is 2.03 bits per heavy atom. The molecule has 0 radical (unpaired) electrons. The number of carbonyl (C=O) groups excluding carboxylic acids is 2. The standard InChI is InChI=1S/C27H42N4O2/c1-18(2)17-31-20(4)24(19(3)28-31)5-6-25(32)29-7-9-30(10-8-29)26(33)27-14-21-11-22(15-27)13-23(12-21)16-27/h18,21-23H,5-17H2,1-4H3. The highest BCUT2D eigenvalue weighted by molar-refractivity contribution is 5.84. The fourth-order valence-electron chi connectivity index (χ4n) is 7.88. The van der Waals surface area contributed by atoms with Crippen molar-refractivity contribution in [3.05, 3.63) is 17.0 Å². The van der Waals surface area contributed by atoms with E-state index in [-0.39, 0.29) is 11.3 Å². The molecule has 2 heterocycles. The Morgan fingerprint density at radius 1 is 0.939 bits per heavy atom. The first-order valence-corrected chi connectivity index (χ1v) is 13.3. The Kier molecular flexibility index (Phi) is 6.07. The molecule has 182 valence electrons. The summed E-state index contributed by atoms with van der Waals surface area (Å²) in [5, 5.41) is 4.70. The van der Waals surface area contributed by atoms with Crippen molar-refractivity contribution in [3.8, 4) is 0 Å².